The van der Waals surface area contributed by atoms with E-state index in [4.69, 9.17) is 16.3 Å². The summed E-state index contributed by atoms with van der Waals surface area (Å²) in [5.74, 6) is 1.24. The molecule has 0 N–H and O–H groups in total. The van der Waals surface area contributed by atoms with E-state index in [9.17, 15) is 8.42 Å². The Bertz CT molecular complexity index is 778. The van der Waals surface area contributed by atoms with Crippen LogP contribution in [0.15, 0.2) is 40.6 Å². The fourth-order valence-electron chi connectivity index (χ4n) is 2.73. The lowest BCUT2D eigenvalue weighted by molar-refractivity contribution is 0.185. The van der Waals surface area contributed by atoms with Gasteiger partial charge in [0.15, 0.2) is 0 Å². The normalized spacial score (nSPS) is 17.1. The third-order valence-electron chi connectivity index (χ3n) is 4.22. The van der Waals surface area contributed by atoms with Gasteiger partial charge in [-0.1, -0.05) is 29.3 Å². The summed E-state index contributed by atoms with van der Waals surface area (Å²) in [6.45, 7) is 3.72. The number of benzene rings is 1. The fraction of sp³-hybridized carbons (Fsp3) is 0.412. The Morgan fingerprint density at radius 3 is 2.42 bits per heavy atom. The highest BCUT2D eigenvalue weighted by molar-refractivity contribution is 7.91. The summed E-state index contributed by atoms with van der Waals surface area (Å²) >= 11 is 6.97. The molecular formula is C17H20ClNO3S2. The van der Waals surface area contributed by atoms with Crippen molar-refractivity contribution < 1.29 is 13.2 Å². The number of rotatable bonds is 5. The highest BCUT2D eigenvalue weighted by atomic mass is 35.5. The second-order valence-electron chi connectivity index (χ2n) is 6.03. The lowest BCUT2D eigenvalue weighted by Crippen LogP contribution is -2.39. The first-order chi connectivity index (χ1) is 11.4. The minimum absolute atomic E-state index is 0.321. The zero-order chi connectivity index (χ0) is 17.2. The van der Waals surface area contributed by atoms with E-state index in [2.05, 4.69) is 0 Å². The second-order valence-corrected chi connectivity index (χ2v) is 9.91. The van der Waals surface area contributed by atoms with E-state index < -0.39 is 10.0 Å². The average Bonchev–Trinajstić information content (AvgIpc) is 3.02. The molecule has 0 radical (unpaired) electrons. The number of halogens is 1. The molecule has 1 aliphatic rings. The van der Waals surface area contributed by atoms with Crippen LogP contribution in [0.25, 0.3) is 0 Å². The van der Waals surface area contributed by atoms with Gasteiger partial charge in [-0.3, -0.25) is 0 Å². The minimum Gasteiger partial charge on any atom is -0.493 e. The SMILES string of the molecule is Cc1ccc(OCC2CCN(S(=O)(=O)c3ccc(Cl)s3)CC2)cc1. The highest BCUT2D eigenvalue weighted by Crippen LogP contribution is 2.30. The molecule has 2 heterocycles. The van der Waals surface area contributed by atoms with Crippen LogP contribution in [0.2, 0.25) is 4.34 Å². The molecule has 1 fully saturated rings. The third-order valence-corrected chi connectivity index (χ3v) is 7.82. The van der Waals surface area contributed by atoms with Crippen molar-refractivity contribution in [3.05, 3.63) is 46.3 Å². The zero-order valence-electron chi connectivity index (χ0n) is 13.4. The molecule has 1 aromatic carbocycles. The number of piperidine rings is 1. The first kappa shape index (κ1) is 17.7. The summed E-state index contributed by atoms with van der Waals surface area (Å²) in [5, 5.41) is 0. The van der Waals surface area contributed by atoms with Crippen molar-refractivity contribution in [2.75, 3.05) is 19.7 Å². The lowest BCUT2D eigenvalue weighted by Gasteiger charge is -2.30. The van der Waals surface area contributed by atoms with Gasteiger partial charge in [-0.25, -0.2) is 8.42 Å². The molecule has 2 aromatic rings. The predicted octanol–water partition coefficient (Wildman–Crippen LogP) is 4.19. The molecule has 1 aliphatic heterocycles. The molecule has 7 heteroatoms. The Kier molecular flexibility index (Phi) is 5.49. The maximum Gasteiger partial charge on any atom is 0.252 e. The van der Waals surface area contributed by atoms with E-state index in [0.717, 1.165) is 29.9 Å². The van der Waals surface area contributed by atoms with Crippen LogP contribution in [0.4, 0.5) is 0 Å². The minimum atomic E-state index is -3.41. The van der Waals surface area contributed by atoms with Gasteiger partial charge in [0.1, 0.15) is 9.96 Å². The van der Waals surface area contributed by atoms with Crippen molar-refractivity contribution in [1.29, 1.82) is 0 Å². The Morgan fingerprint density at radius 2 is 1.83 bits per heavy atom. The first-order valence-corrected chi connectivity index (χ1v) is 10.5. The van der Waals surface area contributed by atoms with Crippen molar-refractivity contribution in [1.82, 2.24) is 4.31 Å². The summed E-state index contributed by atoms with van der Waals surface area (Å²) in [4.78, 5) is 0. The molecular weight excluding hydrogens is 366 g/mol. The van der Waals surface area contributed by atoms with Gasteiger partial charge in [-0.2, -0.15) is 4.31 Å². The number of ether oxygens (including phenoxy) is 1. The van der Waals surface area contributed by atoms with Gasteiger partial charge in [0.05, 0.1) is 10.9 Å². The van der Waals surface area contributed by atoms with E-state index in [1.165, 1.54) is 5.56 Å². The topological polar surface area (TPSA) is 46.6 Å². The van der Waals surface area contributed by atoms with Gasteiger partial charge in [0.25, 0.3) is 10.0 Å². The van der Waals surface area contributed by atoms with E-state index in [1.54, 1.807) is 16.4 Å². The molecule has 0 spiro atoms. The Morgan fingerprint density at radius 1 is 1.17 bits per heavy atom. The summed E-state index contributed by atoms with van der Waals surface area (Å²) in [6.07, 6.45) is 1.62. The predicted molar refractivity (Wildman–Crippen MR) is 97.5 cm³/mol. The van der Waals surface area contributed by atoms with Gasteiger partial charge < -0.3 is 4.74 Å². The molecule has 4 nitrogen and oxygen atoms in total. The number of sulfonamides is 1. The van der Waals surface area contributed by atoms with Gasteiger partial charge >= 0.3 is 0 Å². The largest absolute Gasteiger partial charge is 0.493 e. The summed E-state index contributed by atoms with van der Waals surface area (Å²) in [7, 11) is -3.41. The van der Waals surface area contributed by atoms with Crippen molar-refractivity contribution in [2.45, 2.75) is 24.0 Å². The molecule has 130 valence electrons. The average molecular weight is 386 g/mol. The van der Waals surface area contributed by atoms with Crippen LogP contribution in [0, 0.1) is 12.8 Å². The van der Waals surface area contributed by atoms with Gasteiger partial charge in [-0.15, -0.1) is 11.3 Å². The smallest absolute Gasteiger partial charge is 0.252 e. The Labute approximate surface area is 152 Å². The first-order valence-electron chi connectivity index (χ1n) is 7.90. The number of nitrogens with zero attached hydrogens (tertiary/aromatic N) is 1. The van der Waals surface area contributed by atoms with Crippen LogP contribution in [-0.2, 0) is 10.0 Å². The van der Waals surface area contributed by atoms with Crippen LogP contribution in [0.3, 0.4) is 0 Å². The molecule has 0 unspecified atom stereocenters. The molecule has 0 bridgehead atoms. The van der Waals surface area contributed by atoms with Gasteiger partial charge in [0, 0.05) is 13.1 Å². The lowest BCUT2D eigenvalue weighted by atomic mass is 9.99. The van der Waals surface area contributed by atoms with Crippen molar-refractivity contribution in [3.8, 4) is 5.75 Å². The molecule has 3 rings (SSSR count). The molecule has 24 heavy (non-hydrogen) atoms. The molecule has 0 atom stereocenters. The van der Waals surface area contributed by atoms with E-state index in [1.807, 2.05) is 31.2 Å². The molecule has 0 aliphatic carbocycles. The Hall–Kier alpha value is -1.08. The highest BCUT2D eigenvalue weighted by Gasteiger charge is 2.30. The second kappa shape index (κ2) is 7.44. The number of hydrogen-bond donors (Lipinski definition) is 0. The van der Waals surface area contributed by atoms with Crippen LogP contribution >= 0.6 is 22.9 Å². The van der Waals surface area contributed by atoms with Gasteiger partial charge in [-0.05, 0) is 49.9 Å². The van der Waals surface area contributed by atoms with Crippen molar-refractivity contribution in [3.63, 3.8) is 0 Å². The molecule has 0 amide bonds. The van der Waals surface area contributed by atoms with Crippen molar-refractivity contribution in [2.24, 2.45) is 5.92 Å². The number of thiophene rings is 1. The van der Waals surface area contributed by atoms with E-state index in [-0.39, 0.29) is 0 Å². The van der Waals surface area contributed by atoms with Crippen LogP contribution in [0.1, 0.15) is 18.4 Å². The fourth-order valence-corrected chi connectivity index (χ4v) is 5.84. The molecule has 0 saturated carbocycles. The summed E-state index contributed by atoms with van der Waals surface area (Å²) in [6, 6.07) is 11.2. The van der Waals surface area contributed by atoms with Crippen molar-refractivity contribution >= 4 is 33.0 Å². The van der Waals surface area contributed by atoms with Crippen LogP contribution in [0.5, 0.6) is 5.75 Å². The van der Waals surface area contributed by atoms with Crippen LogP contribution < -0.4 is 4.74 Å². The third kappa shape index (κ3) is 4.11. The number of hydrogen-bond acceptors (Lipinski definition) is 4. The molecule has 1 aromatic heterocycles. The zero-order valence-corrected chi connectivity index (χ0v) is 15.8. The van der Waals surface area contributed by atoms with E-state index >= 15 is 0 Å². The molecule has 1 saturated heterocycles. The summed E-state index contributed by atoms with van der Waals surface area (Å²) in [5.41, 5.74) is 1.20. The monoisotopic (exact) mass is 385 g/mol. The summed E-state index contributed by atoms with van der Waals surface area (Å²) < 4.78 is 33.3. The Balaban J connectivity index is 1.53. The van der Waals surface area contributed by atoms with Crippen LogP contribution in [-0.4, -0.2) is 32.4 Å². The van der Waals surface area contributed by atoms with E-state index in [0.29, 0.717) is 34.2 Å². The number of aryl methyl sites for hydroxylation is 1. The standard InChI is InChI=1S/C17H20ClNO3S2/c1-13-2-4-15(5-3-13)22-12-14-8-10-19(11-9-14)24(20,21)17-7-6-16(18)23-17/h2-7,14H,8-12H2,1H3. The maximum absolute atomic E-state index is 12.6. The quantitative estimate of drug-likeness (QED) is 0.775. The van der Waals surface area contributed by atoms with Gasteiger partial charge in [0.2, 0.25) is 0 Å². The maximum atomic E-state index is 12.6.